The minimum Gasteiger partial charge on any atom is -0.382 e. The molecule has 5 heteroatoms. The van der Waals surface area contributed by atoms with E-state index in [0.29, 0.717) is 26.3 Å². The van der Waals surface area contributed by atoms with Crippen LogP contribution in [0.2, 0.25) is 0 Å². The molecule has 0 saturated carbocycles. The molecule has 118 valence electrons. The first-order valence-corrected chi connectivity index (χ1v) is 7.39. The zero-order valence-electron chi connectivity index (χ0n) is 13.2. The summed E-state index contributed by atoms with van der Waals surface area (Å²) in [4.78, 5) is 13.8. The fraction of sp³-hybridized carbons (Fsp3) is 0.412. The Morgan fingerprint density at radius 3 is 2.77 bits per heavy atom. The zero-order chi connectivity index (χ0) is 16.2. The Bertz CT molecular complexity index is 520. The monoisotopic (exact) mass is 301 g/mol. The summed E-state index contributed by atoms with van der Waals surface area (Å²) in [6.45, 7) is 4.35. The third kappa shape index (κ3) is 6.91. The molecule has 1 aromatic rings. The van der Waals surface area contributed by atoms with Crippen molar-refractivity contribution in [2.75, 3.05) is 26.8 Å². The summed E-state index contributed by atoms with van der Waals surface area (Å²) in [7, 11) is 1.84. The first-order valence-electron chi connectivity index (χ1n) is 7.39. The smallest absolute Gasteiger partial charge is 0.263 e. The number of ether oxygens (including phenoxy) is 1. The maximum absolute atomic E-state index is 11.9. The van der Waals surface area contributed by atoms with Crippen molar-refractivity contribution in [1.29, 1.82) is 5.26 Å². The van der Waals surface area contributed by atoms with Crippen molar-refractivity contribution >= 4 is 5.91 Å². The average molecular weight is 301 g/mol. The molecular weight excluding hydrogens is 278 g/mol. The Labute approximate surface area is 132 Å². The van der Waals surface area contributed by atoms with Crippen LogP contribution in [0, 0.1) is 11.3 Å². The number of nitriles is 1. The number of carbonyl (C=O) groups is 1. The molecule has 0 unspecified atom stereocenters. The normalized spacial score (nSPS) is 10.9. The van der Waals surface area contributed by atoms with E-state index >= 15 is 0 Å². The van der Waals surface area contributed by atoms with E-state index in [-0.39, 0.29) is 11.5 Å². The summed E-state index contributed by atoms with van der Waals surface area (Å²) in [5.74, 6) is -0.348. The highest BCUT2D eigenvalue weighted by Crippen LogP contribution is 2.05. The van der Waals surface area contributed by atoms with Crippen molar-refractivity contribution in [3.05, 3.63) is 47.7 Å². The van der Waals surface area contributed by atoms with E-state index in [1.807, 2.05) is 55.3 Å². The van der Waals surface area contributed by atoms with Gasteiger partial charge in [0.1, 0.15) is 11.6 Å². The van der Waals surface area contributed by atoms with Crippen LogP contribution in [0.5, 0.6) is 0 Å². The molecular formula is C17H23N3O2. The molecule has 0 fully saturated rings. The van der Waals surface area contributed by atoms with Crippen molar-refractivity contribution in [2.45, 2.75) is 19.9 Å². The van der Waals surface area contributed by atoms with Gasteiger partial charge in [-0.15, -0.1) is 0 Å². The Morgan fingerprint density at radius 1 is 1.41 bits per heavy atom. The van der Waals surface area contributed by atoms with Crippen molar-refractivity contribution in [2.24, 2.45) is 0 Å². The van der Waals surface area contributed by atoms with Crippen molar-refractivity contribution in [3.8, 4) is 6.07 Å². The van der Waals surface area contributed by atoms with E-state index in [2.05, 4.69) is 5.32 Å². The number of nitrogens with one attached hydrogen (secondary N) is 1. The molecule has 1 N–H and O–H groups in total. The van der Waals surface area contributed by atoms with Crippen LogP contribution >= 0.6 is 0 Å². The van der Waals surface area contributed by atoms with Gasteiger partial charge in [0.25, 0.3) is 5.91 Å². The summed E-state index contributed by atoms with van der Waals surface area (Å²) in [6, 6.07) is 11.8. The van der Waals surface area contributed by atoms with Gasteiger partial charge in [-0.3, -0.25) is 4.79 Å². The number of benzene rings is 1. The second kappa shape index (κ2) is 10.4. The average Bonchev–Trinajstić information content (AvgIpc) is 2.53. The van der Waals surface area contributed by atoms with Gasteiger partial charge < -0.3 is 15.0 Å². The molecule has 0 saturated heterocycles. The molecule has 0 aliphatic carbocycles. The van der Waals surface area contributed by atoms with Crippen molar-refractivity contribution in [1.82, 2.24) is 10.2 Å². The van der Waals surface area contributed by atoms with Gasteiger partial charge in [0.2, 0.25) is 0 Å². The van der Waals surface area contributed by atoms with Crippen molar-refractivity contribution in [3.63, 3.8) is 0 Å². The third-order valence-electron chi connectivity index (χ3n) is 2.94. The molecule has 0 spiro atoms. The summed E-state index contributed by atoms with van der Waals surface area (Å²) >= 11 is 0. The van der Waals surface area contributed by atoms with Gasteiger partial charge in [-0.1, -0.05) is 30.3 Å². The lowest BCUT2D eigenvalue weighted by Gasteiger charge is -2.14. The number of amides is 1. The van der Waals surface area contributed by atoms with E-state index in [1.165, 1.54) is 0 Å². The van der Waals surface area contributed by atoms with Crippen LogP contribution in [-0.4, -0.2) is 37.6 Å². The molecule has 0 aromatic heterocycles. The maximum atomic E-state index is 11.9. The zero-order valence-corrected chi connectivity index (χ0v) is 13.2. The highest BCUT2D eigenvalue weighted by Gasteiger charge is 2.09. The second-order valence-electron chi connectivity index (χ2n) is 4.86. The first-order chi connectivity index (χ1) is 10.7. The Hall–Kier alpha value is -2.32. The summed E-state index contributed by atoms with van der Waals surface area (Å²) in [6.07, 6.45) is 2.31. The van der Waals surface area contributed by atoms with Gasteiger partial charge in [-0.25, -0.2) is 0 Å². The lowest BCUT2D eigenvalue weighted by molar-refractivity contribution is -0.117. The lowest BCUT2D eigenvalue weighted by Crippen LogP contribution is -2.27. The summed E-state index contributed by atoms with van der Waals surface area (Å²) < 4.78 is 5.19. The molecule has 5 nitrogen and oxygen atoms in total. The van der Waals surface area contributed by atoms with Crippen LogP contribution in [-0.2, 0) is 16.1 Å². The molecule has 0 radical (unpaired) electrons. The maximum Gasteiger partial charge on any atom is 0.263 e. The minimum atomic E-state index is -0.348. The lowest BCUT2D eigenvalue weighted by atomic mass is 10.2. The SMILES string of the molecule is CCOCCCNC(=O)/C(C#N)=C\N(C)Cc1ccccc1. The third-order valence-corrected chi connectivity index (χ3v) is 2.94. The number of hydrogen-bond acceptors (Lipinski definition) is 4. The van der Waals surface area contributed by atoms with Gasteiger partial charge in [0, 0.05) is 39.6 Å². The topological polar surface area (TPSA) is 65.4 Å². The van der Waals surface area contributed by atoms with E-state index < -0.39 is 0 Å². The molecule has 0 atom stereocenters. The summed E-state index contributed by atoms with van der Waals surface area (Å²) in [5, 5.41) is 11.8. The number of nitrogens with zero attached hydrogens (tertiary/aromatic N) is 2. The highest BCUT2D eigenvalue weighted by molar-refractivity contribution is 5.97. The Morgan fingerprint density at radius 2 is 2.14 bits per heavy atom. The van der Waals surface area contributed by atoms with E-state index in [0.717, 1.165) is 12.0 Å². The molecule has 0 bridgehead atoms. The second-order valence-corrected chi connectivity index (χ2v) is 4.86. The predicted octanol–water partition coefficient (Wildman–Crippen LogP) is 2.07. The molecule has 0 aliphatic heterocycles. The quantitative estimate of drug-likeness (QED) is 0.431. The van der Waals surface area contributed by atoms with Crippen LogP contribution in [0.25, 0.3) is 0 Å². The molecule has 22 heavy (non-hydrogen) atoms. The molecule has 1 rings (SSSR count). The first kappa shape index (κ1) is 17.7. The number of rotatable bonds is 9. The number of carbonyl (C=O) groups excluding carboxylic acids is 1. The number of hydrogen-bond donors (Lipinski definition) is 1. The fourth-order valence-corrected chi connectivity index (χ4v) is 1.89. The van der Waals surface area contributed by atoms with Crippen LogP contribution in [0.1, 0.15) is 18.9 Å². The standard InChI is InChI=1S/C17H23N3O2/c1-3-22-11-7-10-19-17(21)16(12-18)14-20(2)13-15-8-5-4-6-9-15/h4-6,8-9,14H,3,7,10-11,13H2,1-2H3,(H,19,21)/b16-14-. The van der Waals surface area contributed by atoms with E-state index in [4.69, 9.17) is 10.00 Å². The summed E-state index contributed by atoms with van der Waals surface area (Å²) in [5.41, 5.74) is 1.23. The van der Waals surface area contributed by atoms with Crippen LogP contribution in [0.3, 0.4) is 0 Å². The van der Waals surface area contributed by atoms with Crippen LogP contribution in [0.4, 0.5) is 0 Å². The van der Waals surface area contributed by atoms with Crippen LogP contribution in [0.15, 0.2) is 42.1 Å². The van der Waals surface area contributed by atoms with Crippen LogP contribution < -0.4 is 5.32 Å². The molecule has 0 aliphatic rings. The Balaban J connectivity index is 2.47. The largest absolute Gasteiger partial charge is 0.382 e. The van der Waals surface area contributed by atoms with E-state index in [9.17, 15) is 4.79 Å². The van der Waals surface area contributed by atoms with Crippen molar-refractivity contribution < 1.29 is 9.53 Å². The molecule has 0 heterocycles. The molecule has 1 aromatic carbocycles. The van der Waals surface area contributed by atoms with Gasteiger partial charge in [-0.2, -0.15) is 5.26 Å². The minimum absolute atomic E-state index is 0.106. The van der Waals surface area contributed by atoms with Gasteiger partial charge >= 0.3 is 0 Å². The van der Waals surface area contributed by atoms with Gasteiger partial charge in [-0.05, 0) is 18.9 Å². The molecule has 1 amide bonds. The van der Waals surface area contributed by atoms with Gasteiger partial charge in [0.15, 0.2) is 0 Å². The predicted molar refractivity (Wildman–Crippen MR) is 85.7 cm³/mol. The highest BCUT2D eigenvalue weighted by atomic mass is 16.5. The van der Waals surface area contributed by atoms with E-state index in [1.54, 1.807) is 6.20 Å². The van der Waals surface area contributed by atoms with Gasteiger partial charge in [0.05, 0.1) is 0 Å². The Kier molecular flexibility index (Phi) is 8.39. The fourth-order valence-electron chi connectivity index (χ4n) is 1.89.